The van der Waals surface area contributed by atoms with Crippen LogP contribution in [0.15, 0.2) is 48.5 Å². The Hall–Kier alpha value is -2.94. The van der Waals surface area contributed by atoms with Crippen LogP contribution >= 0.6 is 0 Å². The predicted octanol–water partition coefficient (Wildman–Crippen LogP) is 2.17. The zero-order valence-electron chi connectivity index (χ0n) is 21.6. The van der Waals surface area contributed by atoms with Crippen molar-refractivity contribution in [1.82, 2.24) is 20.0 Å². The number of carbonyl (C=O) groups is 2. The third-order valence-corrected chi connectivity index (χ3v) is 7.30. The van der Waals surface area contributed by atoms with Gasteiger partial charge in [-0.15, -0.1) is 0 Å². The van der Waals surface area contributed by atoms with Crippen molar-refractivity contribution in [2.24, 2.45) is 0 Å². The SMILES string of the molecule is COCCN(Cc1ccccc1C)C1CC(C(=O)N2CCNCC2)N(C(=O)c2cccc(OC)c2)C1. The predicted molar refractivity (Wildman–Crippen MR) is 139 cm³/mol. The minimum atomic E-state index is -0.492. The van der Waals surface area contributed by atoms with Crippen LogP contribution in [0.25, 0.3) is 0 Å². The fourth-order valence-electron chi connectivity index (χ4n) is 5.16. The van der Waals surface area contributed by atoms with E-state index in [2.05, 4.69) is 35.3 Å². The van der Waals surface area contributed by atoms with Gasteiger partial charge in [-0.3, -0.25) is 14.5 Å². The number of carbonyl (C=O) groups excluding carboxylic acids is 2. The molecule has 194 valence electrons. The van der Waals surface area contributed by atoms with Crippen molar-refractivity contribution < 1.29 is 19.1 Å². The maximum Gasteiger partial charge on any atom is 0.254 e. The first kappa shape index (κ1) is 26.1. The van der Waals surface area contributed by atoms with Crippen molar-refractivity contribution in [3.63, 3.8) is 0 Å². The van der Waals surface area contributed by atoms with Gasteiger partial charge in [-0.2, -0.15) is 0 Å². The molecule has 0 saturated carbocycles. The summed E-state index contributed by atoms with van der Waals surface area (Å²) in [5.74, 6) is 0.535. The van der Waals surface area contributed by atoms with Crippen LogP contribution in [0.5, 0.6) is 5.75 Å². The lowest BCUT2D eigenvalue weighted by Gasteiger charge is -2.32. The Kier molecular flexibility index (Phi) is 8.96. The summed E-state index contributed by atoms with van der Waals surface area (Å²) in [6.07, 6.45) is 0.605. The Balaban J connectivity index is 1.61. The molecule has 2 atom stereocenters. The summed E-state index contributed by atoms with van der Waals surface area (Å²) in [5.41, 5.74) is 3.02. The summed E-state index contributed by atoms with van der Waals surface area (Å²) in [4.78, 5) is 33.5. The van der Waals surface area contributed by atoms with Crippen molar-refractivity contribution in [2.75, 3.05) is 60.1 Å². The Morgan fingerprint density at radius 2 is 1.86 bits per heavy atom. The van der Waals surface area contributed by atoms with Gasteiger partial charge >= 0.3 is 0 Å². The molecule has 8 nitrogen and oxygen atoms in total. The number of ether oxygens (including phenoxy) is 2. The molecule has 2 amide bonds. The maximum atomic E-state index is 13.8. The van der Waals surface area contributed by atoms with E-state index in [0.717, 1.165) is 26.2 Å². The van der Waals surface area contributed by atoms with Gasteiger partial charge in [-0.1, -0.05) is 30.3 Å². The summed E-state index contributed by atoms with van der Waals surface area (Å²) in [6.45, 7) is 7.56. The van der Waals surface area contributed by atoms with Crippen molar-refractivity contribution in [1.29, 1.82) is 0 Å². The number of hydrogen-bond donors (Lipinski definition) is 1. The maximum absolute atomic E-state index is 13.8. The number of rotatable bonds is 9. The number of likely N-dealkylation sites (tertiary alicyclic amines) is 1. The molecule has 2 saturated heterocycles. The summed E-state index contributed by atoms with van der Waals surface area (Å²) in [5, 5.41) is 3.30. The van der Waals surface area contributed by atoms with Gasteiger partial charge in [0.2, 0.25) is 5.91 Å². The molecule has 2 heterocycles. The highest BCUT2D eigenvalue weighted by atomic mass is 16.5. The van der Waals surface area contributed by atoms with Gasteiger partial charge in [0.05, 0.1) is 13.7 Å². The summed E-state index contributed by atoms with van der Waals surface area (Å²) < 4.78 is 10.8. The summed E-state index contributed by atoms with van der Waals surface area (Å²) in [7, 11) is 3.29. The molecule has 2 aromatic carbocycles. The van der Waals surface area contributed by atoms with Crippen LogP contribution in [-0.4, -0.2) is 98.7 Å². The number of nitrogens with zero attached hydrogens (tertiary/aromatic N) is 3. The molecule has 2 aliphatic heterocycles. The lowest BCUT2D eigenvalue weighted by atomic mass is 10.1. The quantitative estimate of drug-likeness (QED) is 0.576. The number of piperazine rings is 1. The highest BCUT2D eigenvalue weighted by Gasteiger charge is 2.43. The highest BCUT2D eigenvalue weighted by Crippen LogP contribution is 2.28. The number of benzene rings is 2. The molecule has 0 spiro atoms. The van der Waals surface area contributed by atoms with Crippen LogP contribution in [0.1, 0.15) is 27.9 Å². The van der Waals surface area contributed by atoms with Gasteiger partial charge < -0.3 is 24.6 Å². The third-order valence-electron chi connectivity index (χ3n) is 7.30. The lowest BCUT2D eigenvalue weighted by molar-refractivity contribution is -0.135. The third kappa shape index (κ3) is 6.06. The summed E-state index contributed by atoms with van der Waals surface area (Å²) in [6, 6.07) is 15.1. The van der Waals surface area contributed by atoms with Crippen LogP contribution in [0.2, 0.25) is 0 Å². The van der Waals surface area contributed by atoms with Gasteiger partial charge in [0.25, 0.3) is 5.91 Å². The van der Waals surface area contributed by atoms with E-state index in [4.69, 9.17) is 9.47 Å². The second-order valence-corrected chi connectivity index (χ2v) is 9.56. The van der Waals surface area contributed by atoms with Crippen LogP contribution in [-0.2, 0) is 16.1 Å². The van der Waals surface area contributed by atoms with Crippen molar-refractivity contribution in [3.05, 3.63) is 65.2 Å². The van der Waals surface area contributed by atoms with Crippen LogP contribution < -0.4 is 10.1 Å². The molecule has 2 fully saturated rings. The van der Waals surface area contributed by atoms with Crippen molar-refractivity contribution in [3.8, 4) is 5.75 Å². The molecule has 2 aromatic rings. The Bertz CT molecular complexity index is 1040. The van der Waals surface area contributed by atoms with Gasteiger partial charge in [0.15, 0.2) is 0 Å². The topological polar surface area (TPSA) is 74.4 Å². The fourth-order valence-corrected chi connectivity index (χ4v) is 5.16. The fraction of sp³-hybridized carbons (Fsp3) is 0.500. The number of amides is 2. The van der Waals surface area contributed by atoms with E-state index < -0.39 is 6.04 Å². The molecule has 8 heteroatoms. The first-order chi connectivity index (χ1) is 17.5. The first-order valence-corrected chi connectivity index (χ1v) is 12.7. The normalized spacial score (nSPS) is 20.1. The largest absolute Gasteiger partial charge is 0.497 e. The number of nitrogens with one attached hydrogen (secondary N) is 1. The van der Waals surface area contributed by atoms with Crippen molar-refractivity contribution in [2.45, 2.75) is 32.0 Å². The van der Waals surface area contributed by atoms with Crippen LogP contribution in [0.3, 0.4) is 0 Å². The number of methoxy groups -OCH3 is 2. The molecule has 0 aromatic heterocycles. The Morgan fingerprint density at radius 1 is 1.08 bits per heavy atom. The summed E-state index contributed by atoms with van der Waals surface area (Å²) >= 11 is 0. The van der Waals surface area contributed by atoms with Crippen LogP contribution in [0.4, 0.5) is 0 Å². The minimum absolute atomic E-state index is 0.0397. The molecule has 36 heavy (non-hydrogen) atoms. The Morgan fingerprint density at radius 3 is 2.58 bits per heavy atom. The second kappa shape index (κ2) is 12.3. The average Bonchev–Trinajstić information content (AvgIpc) is 3.37. The molecular weight excluding hydrogens is 456 g/mol. The minimum Gasteiger partial charge on any atom is -0.497 e. The van der Waals surface area contributed by atoms with E-state index in [1.165, 1.54) is 11.1 Å². The molecular formula is C28H38N4O4. The van der Waals surface area contributed by atoms with Crippen LogP contribution in [0, 0.1) is 6.92 Å². The second-order valence-electron chi connectivity index (χ2n) is 9.56. The highest BCUT2D eigenvalue weighted by molar-refractivity contribution is 5.98. The van der Waals surface area contributed by atoms with E-state index >= 15 is 0 Å². The molecule has 4 rings (SSSR count). The molecule has 2 unspecified atom stereocenters. The van der Waals surface area contributed by atoms with E-state index in [-0.39, 0.29) is 17.9 Å². The zero-order valence-corrected chi connectivity index (χ0v) is 21.6. The average molecular weight is 495 g/mol. The van der Waals surface area contributed by atoms with Gasteiger partial charge in [0, 0.05) is 64.5 Å². The Labute approximate surface area is 214 Å². The molecule has 1 N–H and O–H groups in total. The van der Waals surface area contributed by atoms with E-state index in [1.54, 1.807) is 31.3 Å². The zero-order chi connectivity index (χ0) is 25.5. The first-order valence-electron chi connectivity index (χ1n) is 12.7. The van der Waals surface area contributed by atoms with E-state index in [1.807, 2.05) is 23.1 Å². The number of aryl methyl sites for hydroxylation is 1. The van der Waals surface area contributed by atoms with E-state index in [9.17, 15) is 9.59 Å². The smallest absolute Gasteiger partial charge is 0.254 e. The molecule has 0 aliphatic carbocycles. The van der Waals surface area contributed by atoms with Gasteiger partial charge in [0.1, 0.15) is 11.8 Å². The standard InChI is InChI=1S/C28H38N4O4/c1-21-7-4-5-8-23(21)19-31(15-16-35-2)24-18-26(28(34)30-13-11-29-12-14-30)32(20-24)27(33)22-9-6-10-25(17-22)36-3/h4-10,17,24,26,29H,11-16,18-20H2,1-3H3. The monoisotopic (exact) mass is 494 g/mol. The molecule has 0 radical (unpaired) electrons. The molecule has 0 bridgehead atoms. The van der Waals surface area contributed by atoms with Gasteiger partial charge in [-0.05, 0) is 42.7 Å². The van der Waals surface area contributed by atoms with Gasteiger partial charge in [-0.25, -0.2) is 0 Å². The number of hydrogen-bond acceptors (Lipinski definition) is 6. The molecule has 2 aliphatic rings. The van der Waals surface area contributed by atoms with E-state index in [0.29, 0.717) is 44.0 Å². The van der Waals surface area contributed by atoms with Crippen molar-refractivity contribution >= 4 is 11.8 Å². The lowest BCUT2D eigenvalue weighted by Crippen LogP contribution is -2.53.